The second-order valence-electron chi connectivity index (χ2n) is 3.04. The van der Waals surface area contributed by atoms with E-state index in [4.69, 9.17) is 5.11 Å². The van der Waals surface area contributed by atoms with Gasteiger partial charge < -0.3 is 15.7 Å². The van der Waals surface area contributed by atoms with Crippen LogP contribution in [0, 0.1) is 0 Å². The van der Waals surface area contributed by atoms with Crippen LogP contribution in [-0.4, -0.2) is 27.7 Å². The van der Waals surface area contributed by atoms with Crippen LogP contribution in [-0.2, 0) is 0 Å². The van der Waals surface area contributed by atoms with Crippen LogP contribution in [0.15, 0.2) is 6.33 Å². The van der Waals surface area contributed by atoms with Gasteiger partial charge in [0, 0.05) is 0 Å². The number of rotatable bonds is 1. The van der Waals surface area contributed by atoms with Gasteiger partial charge in [0.05, 0.1) is 17.7 Å². The lowest BCUT2D eigenvalue weighted by Crippen LogP contribution is -2.18. The van der Waals surface area contributed by atoms with Gasteiger partial charge in [-0.05, 0) is 0 Å². The zero-order chi connectivity index (χ0) is 10.4. The molecule has 2 aromatic heterocycles. The summed E-state index contributed by atoms with van der Waals surface area (Å²) >= 11 is 1.16. The van der Waals surface area contributed by atoms with Crippen molar-refractivity contribution in [2.24, 2.45) is 0 Å². The molecule has 0 bridgehead atoms. The van der Waals surface area contributed by atoms with Crippen molar-refractivity contribution >= 4 is 39.0 Å². The first-order valence-electron chi connectivity index (χ1n) is 4.26. The monoisotopic (exact) mass is 222 g/mol. The molecule has 0 unspecified atom stereocenters. The van der Waals surface area contributed by atoms with Crippen molar-refractivity contribution in [3.05, 3.63) is 11.2 Å². The molecule has 1 aliphatic heterocycles. The second-order valence-corrected chi connectivity index (χ2v) is 4.04. The molecule has 0 radical (unpaired) electrons. The number of hydrogen-bond acceptors (Lipinski definition) is 6. The SMILES string of the molecule is O=C(O)c1sc2ncnc3c2c1NCN3. The minimum absolute atomic E-state index is 0.285. The molecule has 0 atom stereocenters. The molecule has 0 amide bonds. The van der Waals surface area contributed by atoms with E-state index in [1.165, 1.54) is 6.33 Å². The molecule has 0 spiro atoms. The third-order valence-electron chi connectivity index (χ3n) is 2.20. The summed E-state index contributed by atoms with van der Waals surface area (Å²) < 4.78 is 0. The number of hydrogen-bond donors (Lipinski definition) is 3. The highest BCUT2D eigenvalue weighted by molar-refractivity contribution is 7.21. The normalized spacial score (nSPS) is 13.3. The average molecular weight is 222 g/mol. The van der Waals surface area contributed by atoms with Crippen molar-refractivity contribution in [1.82, 2.24) is 9.97 Å². The maximum absolute atomic E-state index is 11.0. The molecule has 0 aromatic carbocycles. The van der Waals surface area contributed by atoms with Crippen LogP contribution in [0.3, 0.4) is 0 Å². The fraction of sp³-hybridized carbons (Fsp3) is 0.125. The Morgan fingerprint density at radius 3 is 3.13 bits per heavy atom. The minimum atomic E-state index is -0.937. The Morgan fingerprint density at radius 2 is 2.33 bits per heavy atom. The number of aromatic carboxylic acids is 1. The van der Waals surface area contributed by atoms with Crippen LogP contribution in [0.1, 0.15) is 9.67 Å². The van der Waals surface area contributed by atoms with Gasteiger partial charge in [0.1, 0.15) is 21.9 Å². The number of carboxylic acids is 1. The first kappa shape index (κ1) is 8.42. The lowest BCUT2D eigenvalue weighted by Gasteiger charge is -2.15. The van der Waals surface area contributed by atoms with Crippen LogP contribution in [0.25, 0.3) is 10.2 Å². The zero-order valence-electron chi connectivity index (χ0n) is 7.44. The predicted octanol–water partition coefficient (Wildman–Crippen LogP) is 1.18. The number of nitrogens with one attached hydrogen (secondary N) is 2. The van der Waals surface area contributed by atoms with Gasteiger partial charge in [-0.1, -0.05) is 0 Å². The molecule has 0 aliphatic carbocycles. The Balaban J connectivity index is 2.43. The molecular weight excluding hydrogens is 216 g/mol. The number of nitrogens with zero attached hydrogens (tertiary/aromatic N) is 2. The maximum atomic E-state index is 11.0. The third kappa shape index (κ3) is 1.06. The number of carbonyl (C=O) groups is 1. The molecule has 3 heterocycles. The summed E-state index contributed by atoms with van der Waals surface area (Å²) in [6, 6.07) is 0. The third-order valence-corrected chi connectivity index (χ3v) is 3.29. The summed E-state index contributed by atoms with van der Waals surface area (Å²) in [6.07, 6.45) is 1.43. The topological polar surface area (TPSA) is 87.1 Å². The van der Waals surface area contributed by atoms with Gasteiger partial charge in [0.2, 0.25) is 0 Å². The molecule has 0 saturated heterocycles. The molecule has 3 rings (SSSR count). The Hall–Kier alpha value is -1.89. The largest absolute Gasteiger partial charge is 0.477 e. The number of thiophene rings is 1. The molecule has 0 fully saturated rings. The van der Waals surface area contributed by atoms with Gasteiger partial charge in [-0.2, -0.15) is 0 Å². The van der Waals surface area contributed by atoms with E-state index >= 15 is 0 Å². The number of anilines is 2. The molecule has 0 saturated carbocycles. The summed E-state index contributed by atoms with van der Waals surface area (Å²) in [4.78, 5) is 20.1. The first-order chi connectivity index (χ1) is 7.27. The highest BCUT2D eigenvalue weighted by atomic mass is 32.1. The van der Waals surface area contributed by atoms with Crippen LogP contribution < -0.4 is 10.6 Å². The molecular formula is C8H6N4O2S. The fourth-order valence-corrected chi connectivity index (χ4v) is 2.56. The van der Waals surface area contributed by atoms with Crippen molar-refractivity contribution in [2.45, 2.75) is 0 Å². The van der Waals surface area contributed by atoms with Crippen LogP contribution in [0.4, 0.5) is 11.5 Å². The average Bonchev–Trinajstić information content (AvgIpc) is 2.61. The van der Waals surface area contributed by atoms with E-state index in [0.29, 0.717) is 23.0 Å². The van der Waals surface area contributed by atoms with E-state index in [1.807, 2.05) is 0 Å². The van der Waals surface area contributed by atoms with E-state index in [1.54, 1.807) is 0 Å². The lowest BCUT2D eigenvalue weighted by molar-refractivity contribution is 0.0703. The predicted molar refractivity (Wildman–Crippen MR) is 56.5 cm³/mol. The van der Waals surface area contributed by atoms with Gasteiger partial charge in [-0.25, -0.2) is 14.8 Å². The Bertz CT molecular complexity index is 565. The minimum Gasteiger partial charge on any atom is -0.477 e. The van der Waals surface area contributed by atoms with Gasteiger partial charge in [-0.3, -0.25) is 0 Å². The van der Waals surface area contributed by atoms with Gasteiger partial charge in [-0.15, -0.1) is 11.3 Å². The lowest BCUT2D eigenvalue weighted by atomic mass is 10.2. The second kappa shape index (κ2) is 2.80. The summed E-state index contributed by atoms with van der Waals surface area (Å²) in [7, 11) is 0. The molecule has 15 heavy (non-hydrogen) atoms. The van der Waals surface area contributed by atoms with Crippen LogP contribution >= 0.6 is 11.3 Å². The van der Waals surface area contributed by atoms with E-state index < -0.39 is 5.97 Å². The molecule has 76 valence electrons. The highest BCUT2D eigenvalue weighted by Crippen LogP contribution is 2.39. The van der Waals surface area contributed by atoms with Crippen molar-refractivity contribution in [1.29, 1.82) is 0 Å². The fourth-order valence-electron chi connectivity index (χ4n) is 1.60. The van der Waals surface area contributed by atoms with Crippen molar-refractivity contribution < 1.29 is 9.90 Å². The summed E-state index contributed by atoms with van der Waals surface area (Å²) in [5.41, 5.74) is 0.622. The zero-order valence-corrected chi connectivity index (χ0v) is 8.26. The Labute approximate surface area is 88.0 Å². The summed E-state index contributed by atoms with van der Waals surface area (Å²) in [5, 5.41) is 15.8. The Kier molecular flexibility index (Phi) is 1.57. The van der Waals surface area contributed by atoms with Crippen molar-refractivity contribution in [3.63, 3.8) is 0 Å². The van der Waals surface area contributed by atoms with Crippen molar-refractivity contribution in [3.8, 4) is 0 Å². The van der Waals surface area contributed by atoms with Crippen LogP contribution in [0.5, 0.6) is 0 Å². The number of carboxylic acid groups (broad SMARTS) is 1. The van der Waals surface area contributed by atoms with E-state index in [0.717, 1.165) is 16.7 Å². The van der Waals surface area contributed by atoms with E-state index in [9.17, 15) is 4.79 Å². The molecule has 2 aromatic rings. The number of aromatic nitrogens is 2. The van der Waals surface area contributed by atoms with Gasteiger partial charge in [0.25, 0.3) is 0 Å². The molecule has 7 heteroatoms. The van der Waals surface area contributed by atoms with E-state index in [-0.39, 0.29) is 4.88 Å². The Morgan fingerprint density at radius 1 is 1.47 bits per heavy atom. The van der Waals surface area contributed by atoms with Gasteiger partial charge in [0.15, 0.2) is 0 Å². The molecule has 6 nitrogen and oxygen atoms in total. The standard InChI is InChI=1S/C8H6N4O2S/c13-8(14)5-4-3-6(10-1-9-4)11-2-12-7(3)15-5/h2,9H,1H2,(H,13,14)(H,10,11,12). The molecule has 3 N–H and O–H groups in total. The molecule has 1 aliphatic rings. The first-order valence-corrected chi connectivity index (χ1v) is 5.07. The van der Waals surface area contributed by atoms with Crippen molar-refractivity contribution in [2.75, 3.05) is 17.3 Å². The maximum Gasteiger partial charge on any atom is 0.348 e. The summed E-state index contributed by atoms with van der Waals surface area (Å²) in [6.45, 7) is 0.482. The highest BCUT2D eigenvalue weighted by Gasteiger charge is 2.23. The van der Waals surface area contributed by atoms with Crippen LogP contribution in [0.2, 0.25) is 0 Å². The quantitative estimate of drug-likeness (QED) is 0.671. The van der Waals surface area contributed by atoms with Gasteiger partial charge >= 0.3 is 5.97 Å². The smallest absolute Gasteiger partial charge is 0.348 e. The van der Waals surface area contributed by atoms with E-state index in [2.05, 4.69) is 20.6 Å². The summed E-state index contributed by atoms with van der Waals surface area (Å²) in [5.74, 6) is -0.245.